The molecule has 6 heteroatoms. The van der Waals surface area contributed by atoms with Gasteiger partial charge in [0, 0.05) is 6.54 Å². The van der Waals surface area contributed by atoms with Crippen LogP contribution in [0.4, 0.5) is 0 Å². The van der Waals surface area contributed by atoms with E-state index in [1.807, 2.05) is 6.20 Å². The van der Waals surface area contributed by atoms with E-state index in [9.17, 15) is 0 Å². The fourth-order valence-corrected chi connectivity index (χ4v) is 3.39. The quantitative estimate of drug-likeness (QED) is 0.928. The Balaban J connectivity index is 0.00000128. The summed E-state index contributed by atoms with van der Waals surface area (Å²) in [6, 6.07) is 0. The first-order chi connectivity index (χ1) is 7.28. The van der Waals surface area contributed by atoms with Crippen molar-refractivity contribution >= 4 is 39.7 Å². The van der Waals surface area contributed by atoms with Gasteiger partial charge in [0.15, 0.2) is 0 Å². The lowest BCUT2D eigenvalue weighted by molar-refractivity contribution is 0.171. The highest BCUT2D eigenvalue weighted by atomic mass is 79.9. The van der Waals surface area contributed by atoms with E-state index in [1.165, 1.54) is 24.4 Å². The Kier molecular flexibility index (Phi) is 6.21. The lowest BCUT2D eigenvalue weighted by atomic mass is 9.98. The van der Waals surface area contributed by atoms with Crippen LogP contribution in [0.15, 0.2) is 9.98 Å². The summed E-state index contributed by atoms with van der Waals surface area (Å²) in [5.41, 5.74) is 5.72. The van der Waals surface area contributed by atoms with Crippen LogP contribution in [0.5, 0.6) is 0 Å². The molecule has 0 radical (unpaired) electrons. The summed E-state index contributed by atoms with van der Waals surface area (Å²) < 4.78 is 1.12. The van der Waals surface area contributed by atoms with E-state index in [0.717, 1.165) is 23.4 Å². The molecule has 0 spiro atoms. The molecule has 2 heterocycles. The molecule has 1 aliphatic rings. The van der Waals surface area contributed by atoms with Gasteiger partial charge in [0.25, 0.3) is 0 Å². The van der Waals surface area contributed by atoms with Crippen molar-refractivity contribution in [2.24, 2.45) is 11.7 Å². The first kappa shape index (κ1) is 14.4. The maximum atomic E-state index is 5.72. The molecule has 1 saturated heterocycles. The first-order valence-electron chi connectivity index (χ1n) is 5.30. The molecular formula is C10H17BrClN3S. The van der Waals surface area contributed by atoms with Gasteiger partial charge >= 0.3 is 0 Å². The van der Waals surface area contributed by atoms with Gasteiger partial charge in [0.1, 0.15) is 5.01 Å². The molecule has 0 aromatic carbocycles. The monoisotopic (exact) mass is 325 g/mol. The third-order valence-corrected chi connectivity index (χ3v) is 4.28. The Bertz CT molecular complexity index is 321. The van der Waals surface area contributed by atoms with Crippen molar-refractivity contribution < 1.29 is 0 Å². The van der Waals surface area contributed by atoms with Crippen LogP contribution in [0, 0.1) is 5.92 Å². The van der Waals surface area contributed by atoms with Crippen molar-refractivity contribution in [1.29, 1.82) is 0 Å². The molecule has 0 saturated carbocycles. The number of rotatable bonds is 3. The maximum Gasteiger partial charge on any atom is 0.108 e. The highest BCUT2D eigenvalue weighted by Crippen LogP contribution is 2.22. The van der Waals surface area contributed by atoms with Gasteiger partial charge in [-0.2, -0.15) is 0 Å². The van der Waals surface area contributed by atoms with Crippen molar-refractivity contribution in [3.63, 3.8) is 0 Å². The molecule has 1 aromatic rings. The highest BCUT2D eigenvalue weighted by Gasteiger charge is 2.19. The number of piperidine rings is 1. The van der Waals surface area contributed by atoms with E-state index >= 15 is 0 Å². The Morgan fingerprint density at radius 1 is 1.62 bits per heavy atom. The minimum absolute atomic E-state index is 0. The molecule has 0 bridgehead atoms. The van der Waals surface area contributed by atoms with Crippen LogP contribution >= 0.6 is 39.7 Å². The van der Waals surface area contributed by atoms with Gasteiger partial charge in [-0.15, -0.1) is 23.7 Å². The molecule has 3 nitrogen and oxygen atoms in total. The Labute approximate surface area is 115 Å². The third-order valence-electron chi connectivity index (χ3n) is 2.82. The molecule has 0 amide bonds. The van der Waals surface area contributed by atoms with E-state index in [1.54, 1.807) is 11.3 Å². The Morgan fingerprint density at radius 2 is 2.44 bits per heavy atom. The molecule has 1 atom stereocenters. The van der Waals surface area contributed by atoms with Gasteiger partial charge in [0.2, 0.25) is 0 Å². The Hall–Kier alpha value is 0.320. The molecule has 16 heavy (non-hydrogen) atoms. The van der Waals surface area contributed by atoms with Crippen molar-refractivity contribution in [3.05, 3.63) is 15.0 Å². The predicted molar refractivity (Wildman–Crippen MR) is 74.1 cm³/mol. The average Bonchev–Trinajstić information content (AvgIpc) is 2.64. The van der Waals surface area contributed by atoms with E-state index in [2.05, 4.69) is 25.8 Å². The van der Waals surface area contributed by atoms with Gasteiger partial charge in [-0.05, 0) is 47.8 Å². The van der Waals surface area contributed by atoms with Crippen LogP contribution in [-0.4, -0.2) is 29.5 Å². The summed E-state index contributed by atoms with van der Waals surface area (Å²) in [5, 5.41) is 1.19. The molecular weight excluding hydrogens is 310 g/mol. The van der Waals surface area contributed by atoms with Gasteiger partial charge in [-0.1, -0.05) is 0 Å². The zero-order valence-corrected chi connectivity index (χ0v) is 12.3. The molecule has 1 fully saturated rings. The van der Waals surface area contributed by atoms with E-state index in [-0.39, 0.29) is 12.4 Å². The van der Waals surface area contributed by atoms with E-state index in [0.29, 0.717) is 5.92 Å². The maximum absolute atomic E-state index is 5.72. The molecule has 1 aliphatic heterocycles. The largest absolute Gasteiger partial charge is 0.330 e. The van der Waals surface area contributed by atoms with Crippen LogP contribution in [0.2, 0.25) is 0 Å². The van der Waals surface area contributed by atoms with Gasteiger partial charge in [-0.25, -0.2) is 4.98 Å². The fourth-order valence-electron chi connectivity index (χ4n) is 2.04. The number of nitrogens with two attached hydrogens (primary N) is 1. The molecule has 2 N–H and O–H groups in total. The average molecular weight is 327 g/mol. The molecule has 2 rings (SSSR count). The topological polar surface area (TPSA) is 42.1 Å². The van der Waals surface area contributed by atoms with Gasteiger partial charge < -0.3 is 5.73 Å². The third kappa shape index (κ3) is 3.96. The van der Waals surface area contributed by atoms with Gasteiger partial charge in [-0.3, -0.25) is 4.90 Å². The van der Waals surface area contributed by atoms with E-state index in [4.69, 9.17) is 5.73 Å². The van der Waals surface area contributed by atoms with Gasteiger partial charge in [0.05, 0.1) is 16.5 Å². The lowest BCUT2D eigenvalue weighted by Gasteiger charge is -2.31. The summed E-state index contributed by atoms with van der Waals surface area (Å²) in [6.07, 6.45) is 4.44. The summed E-state index contributed by atoms with van der Waals surface area (Å²) >= 11 is 5.16. The van der Waals surface area contributed by atoms with Crippen molar-refractivity contribution in [2.75, 3.05) is 19.6 Å². The SMILES string of the molecule is Cl.NCC1CCCN(Cc2ncc(Br)s2)C1. The zero-order chi connectivity index (χ0) is 10.7. The molecule has 92 valence electrons. The molecule has 1 unspecified atom stereocenters. The predicted octanol–water partition coefficient (Wildman–Crippen LogP) is 2.50. The van der Waals surface area contributed by atoms with Crippen LogP contribution in [0.25, 0.3) is 0 Å². The summed E-state index contributed by atoms with van der Waals surface area (Å²) in [7, 11) is 0. The normalized spacial score (nSPS) is 21.8. The number of hydrogen-bond donors (Lipinski definition) is 1. The van der Waals surface area contributed by atoms with Crippen molar-refractivity contribution in [3.8, 4) is 0 Å². The number of halogens is 2. The minimum Gasteiger partial charge on any atom is -0.330 e. The minimum atomic E-state index is 0. The van der Waals surface area contributed by atoms with E-state index < -0.39 is 0 Å². The number of hydrogen-bond acceptors (Lipinski definition) is 4. The number of thiazole rings is 1. The standard InChI is InChI=1S/C10H16BrN3S.ClH/c11-9-5-13-10(15-9)7-14-3-1-2-8(4-12)6-14;/h5,8H,1-4,6-7,12H2;1H. The smallest absolute Gasteiger partial charge is 0.108 e. The number of nitrogens with zero attached hydrogens (tertiary/aromatic N) is 2. The number of likely N-dealkylation sites (tertiary alicyclic amines) is 1. The van der Waals surface area contributed by atoms with Crippen LogP contribution in [-0.2, 0) is 6.54 Å². The van der Waals surface area contributed by atoms with Crippen LogP contribution < -0.4 is 5.73 Å². The zero-order valence-electron chi connectivity index (χ0n) is 9.06. The second-order valence-corrected chi connectivity index (χ2v) is 6.53. The second-order valence-electron chi connectivity index (χ2n) is 4.04. The molecule has 0 aliphatic carbocycles. The second kappa shape index (κ2) is 6.91. The highest BCUT2D eigenvalue weighted by molar-refractivity contribution is 9.11. The van der Waals surface area contributed by atoms with Crippen molar-refractivity contribution in [2.45, 2.75) is 19.4 Å². The molecule has 1 aromatic heterocycles. The Morgan fingerprint density at radius 3 is 3.06 bits per heavy atom. The number of aromatic nitrogens is 1. The fraction of sp³-hybridized carbons (Fsp3) is 0.700. The summed E-state index contributed by atoms with van der Waals surface area (Å²) in [4.78, 5) is 6.82. The van der Waals surface area contributed by atoms with Crippen LogP contribution in [0.3, 0.4) is 0 Å². The summed E-state index contributed by atoms with van der Waals surface area (Å²) in [6.45, 7) is 4.12. The lowest BCUT2D eigenvalue weighted by Crippen LogP contribution is -2.37. The van der Waals surface area contributed by atoms with Crippen molar-refractivity contribution in [1.82, 2.24) is 9.88 Å². The summed E-state index contributed by atoms with van der Waals surface area (Å²) in [5.74, 6) is 0.683. The first-order valence-corrected chi connectivity index (χ1v) is 6.91. The van der Waals surface area contributed by atoms with Crippen LogP contribution in [0.1, 0.15) is 17.8 Å².